The van der Waals surface area contributed by atoms with E-state index in [2.05, 4.69) is 11.4 Å². The van der Waals surface area contributed by atoms with Crippen LogP contribution in [0.1, 0.15) is 12.0 Å². The van der Waals surface area contributed by atoms with E-state index in [-0.39, 0.29) is 11.9 Å². The van der Waals surface area contributed by atoms with Gasteiger partial charge in [0.1, 0.15) is 6.04 Å². The Morgan fingerprint density at radius 1 is 1.50 bits per heavy atom. The lowest BCUT2D eigenvalue weighted by molar-refractivity contribution is -0.131. The summed E-state index contributed by atoms with van der Waals surface area (Å²) >= 11 is 0. The highest BCUT2D eigenvalue weighted by molar-refractivity contribution is 5.85. The second kappa shape index (κ2) is 5.87. The molecule has 0 bridgehead atoms. The van der Waals surface area contributed by atoms with E-state index in [0.29, 0.717) is 13.2 Å². The van der Waals surface area contributed by atoms with E-state index < -0.39 is 0 Å². The van der Waals surface area contributed by atoms with Crippen LogP contribution in [-0.2, 0) is 16.0 Å². The average Bonchev–Trinajstić information content (AvgIpc) is 2.43. The molecule has 0 spiro atoms. The van der Waals surface area contributed by atoms with Crippen LogP contribution in [-0.4, -0.2) is 44.2 Å². The number of aryl methyl sites for hydroxylation is 1. The van der Waals surface area contributed by atoms with Gasteiger partial charge < -0.3 is 15.0 Å². The lowest BCUT2D eigenvalue weighted by atomic mass is 9.97. The average molecular weight is 248 g/mol. The predicted molar refractivity (Wildman–Crippen MR) is 71.7 cm³/mol. The molecule has 2 rings (SSSR count). The van der Waals surface area contributed by atoms with Gasteiger partial charge in [-0.1, -0.05) is 18.2 Å². The minimum Gasteiger partial charge on any atom is -0.383 e. The fourth-order valence-electron chi connectivity index (χ4n) is 2.23. The fraction of sp³-hybridized carbons (Fsp3) is 0.500. The third kappa shape index (κ3) is 2.82. The zero-order valence-corrected chi connectivity index (χ0v) is 11.0. The van der Waals surface area contributed by atoms with Crippen molar-refractivity contribution < 1.29 is 9.53 Å². The lowest BCUT2D eigenvalue weighted by Gasteiger charge is -2.29. The van der Waals surface area contributed by atoms with Crippen LogP contribution in [0.25, 0.3) is 0 Å². The summed E-state index contributed by atoms with van der Waals surface area (Å²) < 4.78 is 4.99. The number of methoxy groups -OCH3 is 1. The topological polar surface area (TPSA) is 41.6 Å². The molecule has 0 saturated heterocycles. The molecule has 1 aliphatic heterocycles. The largest absolute Gasteiger partial charge is 0.383 e. The van der Waals surface area contributed by atoms with Crippen molar-refractivity contribution in [3.63, 3.8) is 0 Å². The molecular weight excluding hydrogens is 228 g/mol. The number of nitrogens with zero attached hydrogens (tertiary/aromatic N) is 1. The van der Waals surface area contributed by atoms with Crippen LogP contribution in [0.3, 0.4) is 0 Å². The van der Waals surface area contributed by atoms with Crippen molar-refractivity contribution in [1.82, 2.24) is 4.90 Å². The Hall–Kier alpha value is -1.55. The van der Waals surface area contributed by atoms with Gasteiger partial charge in [-0.05, 0) is 24.5 Å². The first-order valence-electron chi connectivity index (χ1n) is 6.30. The molecule has 1 amide bonds. The molecule has 0 aromatic heterocycles. The summed E-state index contributed by atoms with van der Waals surface area (Å²) in [5.41, 5.74) is 2.38. The van der Waals surface area contributed by atoms with Crippen LogP contribution in [0.2, 0.25) is 0 Å². The summed E-state index contributed by atoms with van der Waals surface area (Å²) in [4.78, 5) is 14.0. The molecule has 1 aromatic carbocycles. The molecule has 1 unspecified atom stereocenters. The molecule has 98 valence electrons. The maximum absolute atomic E-state index is 12.2. The van der Waals surface area contributed by atoms with E-state index in [9.17, 15) is 4.79 Å². The summed E-state index contributed by atoms with van der Waals surface area (Å²) in [6, 6.07) is 8.06. The van der Waals surface area contributed by atoms with Crippen molar-refractivity contribution >= 4 is 11.6 Å². The van der Waals surface area contributed by atoms with Crippen LogP contribution in [0, 0.1) is 0 Å². The number of fused-ring (bicyclic) bond motifs is 1. The Balaban J connectivity index is 1.98. The molecule has 0 radical (unpaired) electrons. The van der Waals surface area contributed by atoms with Gasteiger partial charge in [-0.15, -0.1) is 0 Å². The Kier molecular flexibility index (Phi) is 4.20. The van der Waals surface area contributed by atoms with Crippen LogP contribution < -0.4 is 5.32 Å². The van der Waals surface area contributed by atoms with E-state index in [1.54, 1.807) is 12.0 Å². The zero-order chi connectivity index (χ0) is 13.0. The molecule has 1 aliphatic rings. The molecule has 0 saturated carbocycles. The SMILES string of the molecule is COCCN(C)C(=O)C1CCc2ccccc2N1. The number of anilines is 1. The predicted octanol–water partition coefficient (Wildman–Crippen LogP) is 1.52. The number of para-hydroxylation sites is 1. The number of rotatable bonds is 4. The third-order valence-electron chi connectivity index (χ3n) is 3.35. The molecular formula is C14H20N2O2. The van der Waals surface area contributed by atoms with Gasteiger partial charge in [-0.2, -0.15) is 0 Å². The number of benzene rings is 1. The van der Waals surface area contributed by atoms with Gasteiger partial charge in [-0.25, -0.2) is 0 Å². The highest BCUT2D eigenvalue weighted by Crippen LogP contribution is 2.24. The number of likely N-dealkylation sites (N-methyl/N-ethyl adjacent to an activating group) is 1. The minimum atomic E-state index is -0.109. The Bertz CT molecular complexity index is 420. The second-order valence-corrected chi connectivity index (χ2v) is 4.65. The molecule has 1 heterocycles. The second-order valence-electron chi connectivity index (χ2n) is 4.65. The quantitative estimate of drug-likeness (QED) is 0.878. The summed E-state index contributed by atoms with van der Waals surface area (Å²) in [5, 5.41) is 3.32. The van der Waals surface area contributed by atoms with Gasteiger partial charge >= 0.3 is 0 Å². The molecule has 18 heavy (non-hydrogen) atoms. The monoisotopic (exact) mass is 248 g/mol. The molecule has 0 fully saturated rings. The first-order valence-corrected chi connectivity index (χ1v) is 6.30. The minimum absolute atomic E-state index is 0.109. The van der Waals surface area contributed by atoms with Crippen LogP contribution >= 0.6 is 0 Å². The summed E-state index contributed by atoms with van der Waals surface area (Å²) in [5.74, 6) is 0.140. The summed E-state index contributed by atoms with van der Waals surface area (Å²) in [7, 11) is 3.47. The Labute approximate surface area is 108 Å². The maximum atomic E-state index is 12.2. The van der Waals surface area contributed by atoms with Gasteiger partial charge in [-0.3, -0.25) is 4.79 Å². The zero-order valence-electron chi connectivity index (χ0n) is 11.0. The number of ether oxygens (including phenoxy) is 1. The van der Waals surface area contributed by atoms with Crippen molar-refractivity contribution in [2.24, 2.45) is 0 Å². The van der Waals surface area contributed by atoms with Crippen LogP contribution in [0.4, 0.5) is 5.69 Å². The van der Waals surface area contributed by atoms with E-state index in [1.165, 1.54) is 5.56 Å². The number of amides is 1. The Morgan fingerprint density at radius 2 is 2.28 bits per heavy atom. The highest BCUT2D eigenvalue weighted by atomic mass is 16.5. The van der Waals surface area contributed by atoms with E-state index in [0.717, 1.165) is 18.5 Å². The lowest BCUT2D eigenvalue weighted by Crippen LogP contribution is -2.43. The maximum Gasteiger partial charge on any atom is 0.244 e. The van der Waals surface area contributed by atoms with Gasteiger partial charge in [0.15, 0.2) is 0 Å². The van der Waals surface area contributed by atoms with Gasteiger partial charge in [0.2, 0.25) is 5.91 Å². The van der Waals surface area contributed by atoms with Crippen molar-refractivity contribution in [2.75, 3.05) is 32.6 Å². The van der Waals surface area contributed by atoms with Crippen molar-refractivity contribution in [2.45, 2.75) is 18.9 Å². The number of carbonyl (C=O) groups excluding carboxylic acids is 1. The van der Waals surface area contributed by atoms with E-state index in [4.69, 9.17) is 4.74 Å². The third-order valence-corrected chi connectivity index (χ3v) is 3.35. The van der Waals surface area contributed by atoms with E-state index in [1.807, 2.05) is 25.2 Å². The number of hydrogen-bond donors (Lipinski definition) is 1. The normalized spacial score (nSPS) is 17.8. The first kappa shape index (κ1) is 12.9. The van der Waals surface area contributed by atoms with Gasteiger partial charge in [0.25, 0.3) is 0 Å². The molecule has 0 aliphatic carbocycles. The Morgan fingerprint density at radius 3 is 3.06 bits per heavy atom. The molecule has 1 N–H and O–H groups in total. The van der Waals surface area contributed by atoms with Crippen molar-refractivity contribution in [3.8, 4) is 0 Å². The fourth-order valence-corrected chi connectivity index (χ4v) is 2.23. The van der Waals surface area contributed by atoms with Crippen molar-refractivity contribution in [1.29, 1.82) is 0 Å². The van der Waals surface area contributed by atoms with Crippen LogP contribution in [0.5, 0.6) is 0 Å². The highest BCUT2D eigenvalue weighted by Gasteiger charge is 2.25. The van der Waals surface area contributed by atoms with Crippen LogP contribution in [0.15, 0.2) is 24.3 Å². The van der Waals surface area contributed by atoms with E-state index >= 15 is 0 Å². The standard InChI is InChI=1S/C14H20N2O2/c1-16(9-10-18-2)14(17)13-8-7-11-5-3-4-6-12(11)15-13/h3-6,13,15H,7-10H2,1-2H3. The van der Waals surface area contributed by atoms with Gasteiger partial charge in [0.05, 0.1) is 6.61 Å². The summed E-state index contributed by atoms with van der Waals surface area (Å²) in [6.45, 7) is 1.21. The number of carbonyl (C=O) groups is 1. The molecule has 4 heteroatoms. The number of nitrogens with one attached hydrogen (secondary N) is 1. The molecule has 1 aromatic rings. The van der Waals surface area contributed by atoms with Crippen molar-refractivity contribution in [3.05, 3.63) is 29.8 Å². The molecule has 1 atom stereocenters. The smallest absolute Gasteiger partial charge is 0.244 e. The summed E-state index contributed by atoms with van der Waals surface area (Å²) in [6.07, 6.45) is 1.81. The first-order chi connectivity index (χ1) is 8.72. The number of hydrogen-bond acceptors (Lipinski definition) is 3. The molecule has 4 nitrogen and oxygen atoms in total. The van der Waals surface area contributed by atoms with Gasteiger partial charge in [0, 0.05) is 26.4 Å².